The van der Waals surface area contributed by atoms with Gasteiger partial charge in [0.1, 0.15) is 4.21 Å². The number of fused-ring (bicyclic) bond motifs is 1. The summed E-state index contributed by atoms with van der Waals surface area (Å²) in [6.07, 6.45) is -4.93. The van der Waals surface area contributed by atoms with Crippen LogP contribution in [-0.2, 0) is 27.4 Å². The second-order valence-electron chi connectivity index (χ2n) is 7.25. The Labute approximate surface area is 205 Å². The molecule has 1 aromatic heterocycles. The number of rotatable bonds is 4. The minimum atomic E-state index is -4.65. The third-order valence-electron chi connectivity index (χ3n) is 4.89. The summed E-state index contributed by atoms with van der Waals surface area (Å²) >= 11 is 6.47. The number of benzene rings is 2. The third-order valence-corrected chi connectivity index (χ3v) is 7.94. The standard InChI is InChI=1S/C21H13ClF3N3O5S2/c22-16-7-8-18(34-16)35(32,33)27-20(31)26-13-3-5-14(6-4-13)28-17(29)9-11-1-2-12(21(23,24)25)10-15(11)19(28)30/h1-8,10H,9H2,(H2,26,27,31). The Morgan fingerprint density at radius 1 is 1.03 bits per heavy atom. The lowest BCUT2D eigenvalue weighted by atomic mass is 9.95. The fourth-order valence-corrected chi connectivity index (χ4v) is 5.70. The van der Waals surface area contributed by atoms with Gasteiger partial charge in [-0.1, -0.05) is 17.7 Å². The number of carbonyl (C=O) groups is 3. The molecule has 0 unspecified atom stereocenters. The molecule has 8 nitrogen and oxygen atoms in total. The van der Waals surface area contributed by atoms with Crippen molar-refractivity contribution in [2.75, 3.05) is 10.2 Å². The molecule has 0 saturated heterocycles. The molecule has 2 heterocycles. The summed E-state index contributed by atoms with van der Waals surface area (Å²) in [6, 6.07) is 9.33. The van der Waals surface area contributed by atoms with E-state index >= 15 is 0 Å². The van der Waals surface area contributed by atoms with Crippen molar-refractivity contribution < 1.29 is 36.0 Å². The zero-order chi connectivity index (χ0) is 25.5. The number of hydrogen-bond donors (Lipinski definition) is 2. The number of hydrogen-bond acceptors (Lipinski definition) is 6. The van der Waals surface area contributed by atoms with Crippen molar-refractivity contribution >= 4 is 62.2 Å². The smallest absolute Gasteiger partial charge is 0.307 e. The number of sulfonamides is 1. The van der Waals surface area contributed by atoms with Crippen LogP contribution in [0.4, 0.5) is 29.3 Å². The van der Waals surface area contributed by atoms with Gasteiger partial charge in [-0.05, 0) is 54.1 Å². The molecule has 35 heavy (non-hydrogen) atoms. The summed E-state index contributed by atoms with van der Waals surface area (Å²) in [5.41, 5.74) is -0.867. The highest BCUT2D eigenvalue weighted by atomic mass is 35.5. The minimum absolute atomic E-state index is 0.0647. The Morgan fingerprint density at radius 3 is 2.31 bits per heavy atom. The number of nitrogens with zero attached hydrogens (tertiary/aromatic N) is 1. The van der Waals surface area contributed by atoms with Gasteiger partial charge in [0, 0.05) is 11.3 Å². The molecule has 0 radical (unpaired) electrons. The number of amides is 4. The van der Waals surface area contributed by atoms with E-state index in [0.29, 0.717) is 6.07 Å². The van der Waals surface area contributed by atoms with E-state index < -0.39 is 39.6 Å². The van der Waals surface area contributed by atoms with Crippen molar-refractivity contribution in [1.82, 2.24) is 4.72 Å². The van der Waals surface area contributed by atoms with Gasteiger partial charge >= 0.3 is 12.2 Å². The van der Waals surface area contributed by atoms with E-state index in [-0.39, 0.29) is 37.5 Å². The zero-order valence-corrected chi connectivity index (χ0v) is 19.6. The number of imide groups is 1. The first-order chi connectivity index (χ1) is 16.3. The largest absolute Gasteiger partial charge is 0.416 e. The molecule has 3 aromatic rings. The first-order valence-electron chi connectivity index (χ1n) is 9.62. The molecule has 0 saturated carbocycles. The van der Waals surface area contributed by atoms with E-state index in [9.17, 15) is 36.0 Å². The predicted molar refractivity (Wildman–Crippen MR) is 122 cm³/mol. The average molecular weight is 544 g/mol. The van der Waals surface area contributed by atoms with Crippen LogP contribution in [0.15, 0.2) is 58.8 Å². The van der Waals surface area contributed by atoms with Crippen LogP contribution in [0.2, 0.25) is 4.34 Å². The highest BCUT2D eigenvalue weighted by Gasteiger charge is 2.36. The molecule has 4 rings (SSSR count). The van der Waals surface area contributed by atoms with E-state index in [1.807, 2.05) is 4.72 Å². The molecule has 2 aromatic carbocycles. The summed E-state index contributed by atoms with van der Waals surface area (Å²) in [7, 11) is -4.15. The number of nitrogens with one attached hydrogen (secondary N) is 2. The highest BCUT2D eigenvalue weighted by Crippen LogP contribution is 2.33. The lowest BCUT2D eigenvalue weighted by molar-refractivity contribution is -0.137. The molecule has 0 bridgehead atoms. The van der Waals surface area contributed by atoms with E-state index in [1.165, 1.54) is 36.4 Å². The van der Waals surface area contributed by atoms with Gasteiger partial charge in [-0.25, -0.2) is 22.8 Å². The van der Waals surface area contributed by atoms with Crippen LogP contribution in [-0.4, -0.2) is 26.3 Å². The first kappa shape index (κ1) is 24.7. The van der Waals surface area contributed by atoms with Crippen LogP contribution < -0.4 is 14.9 Å². The second-order valence-corrected chi connectivity index (χ2v) is 10.9. The lowest BCUT2D eigenvalue weighted by Gasteiger charge is -2.27. The van der Waals surface area contributed by atoms with Crippen molar-refractivity contribution in [2.24, 2.45) is 0 Å². The molecule has 0 aliphatic carbocycles. The SMILES string of the molecule is O=C(Nc1ccc(N2C(=O)Cc3ccc(C(F)(F)F)cc3C2=O)cc1)NS(=O)(=O)c1ccc(Cl)s1. The van der Waals surface area contributed by atoms with Gasteiger partial charge in [-0.3, -0.25) is 9.59 Å². The molecule has 2 N–H and O–H groups in total. The number of carbonyl (C=O) groups excluding carboxylic acids is 3. The Bertz CT molecular complexity index is 1450. The number of thiophene rings is 1. The van der Waals surface area contributed by atoms with Crippen LogP contribution in [0.25, 0.3) is 0 Å². The Balaban J connectivity index is 1.50. The summed E-state index contributed by atoms with van der Waals surface area (Å²) in [4.78, 5) is 38.2. The van der Waals surface area contributed by atoms with E-state index in [4.69, 9.17) is 11.6 Å². The molecule has 1 aliphatic heterocycles. The fraction of sp³-hybridized carbons (Fsp3) is 0.0952. The topological polar surface area (TPSA) is 113 Å². The zero-order valence-electron chi connectivity index (χ0n) is 17.2. The molecular weight excluding hydrogens is 531 g/mol. The molecule has 14 heteroatoms. The van der Waals surface area contributed by atoms with Gasteiger partial charge in [0.15, 0.2) is 0 Å². The molecule has 0 atom stereocenters. The normalized spacial score (nSPS) is 14.0. The van der Waals surface area contributed by atoms with E-state index in [1.54, 1.807) is 0 Å². The number of anilines is 2. The van der Waals surface area contributed by atoms with Crippen LogP contribution in [0.5, 0.6) is 0 Å². The Hall–Kier alpha value is -3.42. The average Bonchev–Trinajstić information content (AvgIpc) is 3.21. The van der Waals surface area contributed by atoms with Gasteiger partial charge in [0.2, 0.25) is 5.91 Å². The van der Waals surface area contributed by atoms with Gasteiger partial charge in [0.25, 0.3) is 15.9 Å². The number of alkyl halides is 3. The fourth-order valence-electron chi connectivity index (χ4n) is 3.31. The van der Waals surface area contributed by atoms with Gasteiger partial charge in [-0.2, -0.15) is 13.2 Å². The van der Waals surface area contributed by atoms with E-state index in [0.717, 1.165) is 28.4 Å². The maximum absolute atomic E-state index is 13.1. The predicted octanol–water partition coefficient (Wildman–Crippen LogP) is 4.66. The summed E-state index contributed by atoms with van der Waals surface area (Å²) in [5.74, 6) is -1.55. The van der Waals surface area contributed by atoms with Crippen molar-refractivity contribution in [1.29, 1.82) is 0 Å². The van der Waals surface area contributed by atoms with Gasteiger partial charge in [0.05, 0.1) is 22.0 Å². The van der Waals surface area contributed by atoms with Crippen molar-refractivity contribution in [2.45, 2.75) is 16.8 Å². The third kappa shape index (κ3) is 5.16. The molecular formula is C21H13ClF3N3O5S2. The van der Waals surface area contributed by atoms with Crippen molar-refractivity contribution in [3.8, 4) is 0 Å². The quantitative estimate of drug-likeness (QED) is 0.465. The Kier molecular flexibility index (Phi) is 6.34. The maximum Gasteiger partial charge on any atom is 0.416 e. The number of halogens is 4. The van der Waals surface area contributed by atoms with Crippen molar-refractivity contribution in [3.63, 3.8) is 0 Å². The van der Waals surface area contributed by atoms with Gasteiger partial charge < -0.3 is 5.32 Å². The van der Waals surface area contributed by atoms with Crippen LogP contribution in [0.3, 0.4) is 0 Å². The van der Waals surface area contributed by atoms with E-state index in [2.05, 4.69) is 5.32 Å². The van der Waals surface area contributed by atoms with Gasteiger partial charge in [-0.15, -0.1) is 11.3 Å². The summed E-state index contributed by atoms with van der Waals surface area (Å²) < 4.78 is 65.4. The molecule has 4 amide bonds. The van der Waals surface area contributed by atoms with Crippen LogP contribution >= 0.6 is 22.9 Å². The minimum Gasteiger partial charge on any atom is -0.307 e. The lowest BCUT2D eigenvalue weighted by Crippen LogP contribution is -2.42. The molecule has 0 fully saturated rings. The van der Waals surface area contributed by atoms with Crippen molar-refractivity contribution in [3.05, 3.63) is 75.6 Å². The van der Waals surface area contributed by atoms with Crippen LogP contribution in [0, 0.1) is 0 Å². The van der Waals surface area contributed by atoms with Crippen LogP contribution in [0.1, 0.15) is 21.5 Å². The first-order valence-corrected chi connectivity index (χ1v) is 12.3. The second kappa shape index (κ2) is 8.98. The molecule has 182 valence electrons. The summed E-state index contributed by atoms with van der Waals surface area (Å²) in [5, 5.41) is 2.30. The Morgan fingerprint density at radius 2 is 1.71 bits per heavy atom. The monoisotopic (exact) mass is 543 g/mol. The molecule has 0 spiro atoms. The number of urea groups is 1. The molecule has 1 aliphatic rings. The summed E-state index contributed by atoms with van der Waals surface area (Å²) in [6.45, 7) is 0. The maximum atomic E-state index is 13.1. The highest BCUT2D eigenvalue weighted by molar-refractivity contribution is 7.92.